The van der Waals surface area contributed by atoms with Gasteiger partial charge in [-0.2, -0.15) is 5.10 Å². The molecule has 0 spiro atoms. The first-order valence-corrected chi connectivity index (χ1v) is 8.99. The van der Waals surface area contributed by atoms with Crippen molar-refractivity contribution in [3.63, 3.8) is 0 Å². The van der Waals surface area contributed by atoms with Gasteiger partial charge in [0.25, 0.3) is 5.56 Å². The van der Waals surface area contributed by atoms with Crippen molar-refractivity contribution < 1.29 is 9.53 Å². The van der Waals surface area contributed by atoms with Crippen molar-refractivity contribution in [2.24, 2.45) is 0 Å². The second kappa shape index (κ2) is 7.59. The predicted octanol–water partition coefficient (Wildman–Crippen LogP) is 2.54. The van der Waals surface area contributed by atoms with E-state index in [1.807, 2.05) is 31.2 Å². The number of hydrogen-bond donors (Lipinski definition) is 1. The van der Waals surface area contributed by atoms with Crippen molar-refractivity contribution in [3.05, 3.63) is 77.0 Å². The lowest BCUT2D eigenvalue weighted by molar-refractivity contribution is -0.116. The van der Waals surface area contributed by atoms with Crippen LogP contribution in [-0.2, 0) is 11.3 Å². The van der Waals surface area contributed by atoms with E-state index in [0.29, 0.717) is 22.5 Å². The molecular weight excluding hydrogens is 370 g/mol. The molecule has 29 heavy (non-hydrogen) atoms. The third-order valence-corrected chi connectivity index (χ3v) is 4.52. The number of aryl methyl sites for hydroxylation is 1. The molecule has 8 heteroatoms. The molecule has 0 unspecified atom stereocenters. The first-order chi connectivity index (χ1) is 14.0. The molecule has 0 aliphatic heterocycles. The molecule has 0 radical (unpaired) electrons. The summed E-state index contributed by atoms with van der Waals surface area (Å²) in [6.07, 6.45) is 2.84. The molecule has 0 fully saturated rings. The number of hydrogen-bond acceptors (Lipinski definition) is 5. The number of aromatic nitrogens is 4. The van der Waals surface area contributed by atoms with Gasteiger partial charge in [0.15, 0.2) is 5.65 Å². The molecule has 2 aromatic heterocycles. The minimum absolute atomic E-state index is 0.149. The highest BCUT2D eigenvalue weighted by molar-refractivity contribution is 5.90. The van der Waals surface area contributed by atoms with Gasteiger partial charge in [-0.1, -0.05) is 17.7 Å². The quantitative estimate of drug-likeness (QED) is 0.566. The first kappa shape index (κ1) is 18.4. The largest absolute Gasteiger partial charge is 0.497 e. The van der Waals surface area contributed by atoms with E-state index < -0.39 is 0 Å². The van der Waals surface area contributed by atoms with Gasteiger partial charge in [0.2, 0.25) is 5.91 Å². The average molecular weight is 389 g/mol. The van der Waals surface area contributed by atoms with Crippen LogP contribution in [0.1, 0.15) is 5.56 Å². The van der Waals surface area contributed by atoms with E-state index >= 15 is 0 Å². The molecule has 2 heterocycles. The summed E-state index contributed by atoms with van der Waals surface area (Å²) in [5.41, 5.74) is 2.69. The van der Waals surface area contributed by atoms with Crippen LogP contribution in [0.5, 0.6) is 5.75 Å². The van der Waals surface area contributed by atoms with Gasteiger partial charge >= 0.3 is 0 Å². The van der Waals surface area contributed by atoms with Crippen LogP contribution in [0.25, 0.3) is 16.7 Å². The molecule has 0 saturated carbocycles. The number of fused-ring (bicyclic) bond motifs is 1. The summed E-state index contributed by atoms with van der Waals surface area (Å²) in [6.45, 7) is 1.85. The van der Waals surface area contributed by atoms with E-state index in [-0.39, 0.29) is 18.0 Å². The van der Waals surface area contributed by atoms with Crippen LogP contribution in [0.15, 0.2) is 65.8 Å². The fourth-order valence-electron chi connectivity index (χ4n) is 2.97. The maximum atomic E-state index is 12.8. The number of rotatable bonds is 5. The van der Waals surface area contributed by atoms with Gasteiger partial charge in [-0.3, -0.25) is 14.2 Å². The molecule has 2 aromatic carbocycles. The van der Waals surface area contributed by atoms with Crippen molar-refractivity contribution in [1.82, 2.24) is 19.3 Å². The van der Waals surface area contributed by atoms with Gasteiger partial charge in [0.1, 0.15) is 24.0 Å². The third kappa shape index (κ3) is 3.73. The van der Waals surface area contributed by atoms with Gasteiger partial charge in [-0.05, 0) is 43.3 Å². The number of anilines is 1. The van der Waals surface area contributed by atoms with E-state index in [1.165, 1.54) is 17.1 Å². The summed E-state index contributed by atoms with van der Waals surface area (Å²) in [5.74, 6) is 0.365. The highest BCUT2D eigenvalue weighted by Crippen LogP contribution is 2.16. The molecule has 1 N–H and O–H groups in total. The molecule has 146 valence electrons. The molecule has 0 aliphatic rings. The Balaban J connectivity index is 1.56. The molecule has 0 aliphatic carbocycles. The Labute approximate surface area is 166 Å². The van der Waals surface area contributed by atoms with E-state index in [2.05, 4.69) is 15.4 Å². The van der Waals surface area contributed by atoms with Crippen LogP contribution < -0.4 is 15.6 Å². The smallest absolute Gasteiger partial charge is 0.264 e. The number of ether oxygens (including phenoxy) is 1. The number of nitrogens with zero attached hydrogens (tertiary/aromatic N) is 4. The lowest BCUT2D eigenvalue weighted by Gasteiger charge is -2.08. The molecule has 4 rings (SSSR count). The van der Waals surface area contributed by atoms with Gasteiger partial charge < -0.3 is 10.1 Å². The molecular formula is C21H19N5O3. The van der Waals surface area contributed by atoms with E-state index in [1.54, 1.807) is 36.1 Å². The zero-order valence-corrected chi connectivity index (χ0v) is 16.0. The summed E-state index contributed by atoms with van der Waals surface area (Å²) in [5, 5.41) is 7.39. The maximum absolute atomic E-state index is 12.8. The Bertz CT molecular complexity index is 1220. The number of carbonyl (C=O) groups is 1. The standard InChI is InChI=1S/C21H19N5O3/c1-14-3-7-16(8-4-14)26-20-18(11-23-26)21(28)25(13-22-20)12-19(27)24-15-5-9-17(29-2)10-6-15/h3-11,13H,12H2,1-2H3,(H,24,27). The van der Waals surface area contributed by atoms with Crippen molar-refractivity contribution >= 4 is 22.6 Å². The summed E-state index contributed by atoms with van der Waals surface area (Å²) in [4.78, 5) is 29.5. The number of benzene rings is 2. The number of methoxy groups -OCH3 is 1. The Morgan fingerprint density at radius 1 is 1.10 bits per heavy atom. The normalized spacial score (nSPS) is 10.8. The van der Waals surface area contributed by atoms with Crippen molar-refractivity contribution in [3.8, 4) is 11.4 Å². The predicted molar refractivity (Wildman–Crippen MR) is 109 cm³/mol. The van der Waals surface area contributed by atoms with Gasteiger partial charge in [0, 0.05) is 5.69 Å². The van der Waals surface area contributed by atoms with Crippen molar-refractivity contribution in [2.75, 3.05) is 12.4 Å². The zero-order chi connectivity index (χ0) is 20.4. The Kier molecular flexibility index (Phi) is 4.82. The van der Waals surface area contributed by atoms with Crippen LogP contribution in [0.4, 0.5) is 5.69 Å². The van der Waals surface area contributed by atoms with Gasteiger partial charge in [0.05, 0.1) is 19.0 Å². The van der Waals surface area contributed by atoms with Crippen LogP contribution in [0, 0.1) is 6.92 Å². The second-order valence-electron chi connectivity index (χ2n) is 6.58. The molecule has 0 atom stereocenters. The lowest BCUT2D eigenvalue weighted by Crippen LogP contribution is -2.27. The monoisotopic (exact) mass is 389 g/mol. The molecule has 8 nitrogen and oxygen atoms in total. The van der Waals surface area contributed by atoms with Crippen LogP contribution >= 0.6 is 0 Å². The fourth-order valence-corrected chi connectivity index (χ4v) is 2.97. The first-order valence-electron chi connectivity index (χ1n) is 8.99. The summed E-state index contributed by atoms with van der Waals surface area (Å²) in [6, 6.07) is 14.7. The summed E-state index contributed by atoms with van der Waals surface area (Å²) >= 11 is 0. The molecule has 0 bridgehead atoms. The minimum atomic E-state index is -0.329. The van der Waals surface area contributed by atoms with Gasteiger partial charge in [-0.25, -0.2) is 9.67 Å². The number of nitrogens with one attached hydrogen (secondary N) is 1. The molecule has 1 amide bonds. The van der Waals surface area contributed by atoms with Gasteiger partial charge in [-0.15, -0.1) is 0 Å². The van der Waals surface area contributed by atoms with Crippen LogP contribution in [0.2, 0.25) is 0 Å². The minimum Gasteiger partial charge on any atom is -0.497 e. The van der Waals surface area contributed by atoms with Crippen molar-refractivity contribution in [1.29, 1.82) is 0 Å². The lowest BCUT2D eigenvalue weighted by atomic mass is 10.2. The summed E-state index contributed by atoms with van der Waals surface area (Å²) < 4.78 is 7.97. The van der Waals surface area contributed by atoms with E-state index in [9.17, 15) is 9.59 Å². The van der Waals surface area contributed by atoms with E-state index in [0.717, 1.165) is 11.3 Å². The number of carbonyl (C=O) groups excluding carboxylic acids is 1. The fraction of sp³-hybridized carbons (Fsp3) is 0.143. The van der Waals surface area contributed by atoms with Crippen LogP contribution in [0.3, 0.4) is 0 Å². The second-order valence-corrected chi connectivity index (χ2v) is 6.58. The Morgan fingerprint density at radius 2 is 1.83 bits per heavy atom. The average Bonchev–Trinajstić information content (AvgIpc) is 3.16. The van der Waals surface area contributed by atoms with E-state index in [4.69, 9.17) is 4.74 Å². The topological polar surface area (TPSA) is 91.0 Å². The molecule has 4 aromatic rings. The highest BCUT2D eigenvalue weighted by atomic mass is 16.5. The van der Waals surface area contributed by atoms with Crippen LogP contribution in [-0.4, -0.2) is 32.3 Å². The number of amides is 1. The Morgan fingerprint density at radius 3 is 2.52 bits per heavy atom. The highest BCUT2D eigenvalue weighted by Gasteiger charge is 2.13. The Hall–Kier alpha value is -3.94. The third-order valence-electron chi connectivity index (χ3n) is 4.52. The summed E-state index contributed by atoms with van der Waals surface area (Å²) in [7, 11) is 1.57. The zero-order valence-electron chi connectivity index (χ0n) is 16.0. The maximum Gasteiger partial charge on any atom is 0.264 e. The van der Waals surface area contributed by atoms with Crippen molar-refractivity contribution in [2.45, 2.75) is 13.5 Å². The SMILES string of the molecule is COc1ccc(NC(=O)Cn2cnc3c(cnn3-c3ccc(C)cc3)c2=O)cc1. The molecule has 0 saturated heterocycles.